The molecular weight excluding hydrogens is 220 g/mol. The molecule has 0 radical (unpaired) electrons. The van der Waals surface area contributed by atoms with E-state index in [0.29, 0.717) is 5.75 Å². The largest absolute Gasteiger partial charge is 0.299 e. The Bertz CT molecular complexity index is 333. The van der Waals surface area contributed by atoms with E-state index in [0.717, 1.165) is 5.69 Å². The number of para-hydroxylation sites is 1. The molecule has 1 amide bonds. The number of nitrogens with one attached hydrogen (secondary N) is 2. The highest BCUT2D eigenvalue weighted by atomic mass is 32.2. The maximum Gasteiger partial charge on any atom is 0.248 e. The molecule has 0 aliphatic heterocycles. The second-order valence-electron chi connectivity index (χ2n) is 4.44. The van der Waals surface area contributed by atoms with Crippen LogP contribution in [0, 0.1) is 0 Å². The van der Waals surface area contributed by atoms with Crippen molar-refractivity contribution in [2.24, 2.45) is 0 Å². The quantitative estimate of drug-likeness (QED) is 0.792. The van der Waals surface area contributed by atoms with Crippen LogP contribution < -0.4 is 10.9 Å². The molecule has 0 heterocycles. The van der Waals surface area contributed by atoms with Gasteiger partial charge in [-0.3, -0.25) is 15.6 Å². The monoisotopic (exact) mass is 238 g/mol. The Hall–Kier alpha value is -1.16. The van der Waals surface area contributed by atoms with Gasteiger partial charge in [0.1, 0.15) is 0 Å². The molecule has 16 heavy (non-hydrogen) atoms. The van der Waals surface area contributed by atoms with Crippen molar-refractivity contribution in [1.29, 1.82) is 0 Å². The van der Waals surface area contributed by atoms with E-state index >= 15 is 0 Å². The van der Waals surface area contributed by atoms with Gasteiger partial charge >= 0.3 is 0 Å². The number of hydrogen-bond donors (Lipinski definition) is 2. The van der Waals surface area contributed by atoms with Crippen molar-refractivity contribution in [3.05, 3.63) is 30.3 Å². The maximum atomic E-state index is 11.5. The van der Waals surface area contributed by atoms with Crippen LogP contribution in [0.4, 0.5) is 5.69 Å². The Morgan fingerprint density at radius 1 is 1.25 bits per heavy atom. The lowest BCUT2D eigenvalue weighted by molar-refractivity contribution is -0.118. The SMILES string of the molecule is CC(C)(C)SCC(=O)NNc1ccccc1. The first-order chi connectivity index (χ1) is 7.47. The van der Waals surface area contributed by atoms with Crippen LogP contribution in [0.1, 0.15) is 20.8 Å². The van der Waals surface area contributed by atoms with E-state index in [2.05, 4.69) is 31.6 Å². The Morgan fingerprint density at radius 3 is 2.44 bits per heavy atom. The summed E-state index contributed by atoms with van der Waals surface area (Å²) < 4.78 is 0.115. The zero-order valence-electron chi connectivity index (χ0n) is 9.91. The molecule has 0 aliphatic carbocycles. The number of thioether (sulfide) groups is 1. The summed E-state index contributed by atoms with van der Waals surface area (Å²) in [7, 11) is 0. The highest BCUT2D eigenvalue weighted by Gasteiger charge is 2.12. The smallest absolute Gasteiger partial charge is 0.248 e. The summed E-state index contributed by atoms with van der Waals surface area (Å²) in [5, 5.41) is 0. The number of hydrazine groups is 1. The van der Waals surface area contributed by atoms with Crippen LogP contribution in [0.5, 0.6) is 0 Å². The number of anilines is 1. The van der Waals surface area contributed by atoms with Gasteiger partial charge in [-0.1, -0.05) is 39.0 Å². The molecule has 3 nitrogen and oxygen atoms in total. The van der Waals surface area contributed by atoms with Crippen molar-refractivity contribution in [2.45, 2.75) is 25.5 Å². The van der Waals surface area contributed by atoms with Crippen LogP contribution in [0.3, 0.4) is 0 Å². The highest BCUT2D eigenvalue weighted by molar-refractivity contribution is 8.01. The summed E-state index contributed by atoms with van der Waals surface area (Å²) in [6.45, 7) is 6.28. The first-order valence-electron chi connectivity index (χ1n) is 5.21. The second-order valence-corrected chi connectivity index (χ2v) is 6.24. The maximum absolute atomic E-state index is 11.5. The van der Waals surface area contributed by atoms with Crippen molar-refractivity contribution >= 4 is 23.4 Å². The normalized spacial score (nSPS) is 10.9. The van der Waals surface area contributed by atoms with E-state index in [1.165, 1.54) is 0 Å². The predicted octanol–water partition coefficient (Wildman–Crippen LogP) is 2.66. The van der Waals surface area contributed by atoms with Crippen LogP contribution >= 0.6 is 11.8 Å². The zero-order chi connectivity index (χ0) is 12.0. The molecule has 0 aliphatic rings. The van der Waals surface area contributed by atoms with Crippen LogP contribution in [-0.2, 0) is 4.79 Å². The number of carbonyl (C=O) groups is 1. The summed E-state index contributed by atoms with van der Waals surface area (Å²) in [5.41, 5.74) is 6.42. The van der Waals surface area contributed by atoms with E-state index in [1.54, 1.807) is 11.8 Å². The fourth-order valence-electron chi connectivity index (χ4n) is 0.982. The van der Waals surface area contributed by atoms with Gasteiger partial charge in [0.05, 0.1) is 11.4 Å². The molecule has 2 N–H and O–H groups in total. The molecule has 0 fully saturated rings. The van der Waals surface area contributed by atoms with E-state index in [-0.39, 0.29) is 10.7 Å². The summed E-state index contributed by atoms with van der Waals surface area (Å²) >= 11 is 1.62. The lowest BCUT2D eigenvalue weighted by Crippen LogP contribution is -2.31. The van der Waals surface area contributed by atoms with Crippen molar-refractivity contribution in [1.82, 2.24) is 5.43 Å². The number of rotatable bonds is 4. The Labute approximate surface area is 101 Å². The molecule has 0 atom stereocenters. The third-order valence-corrected chi connectivity index (χ3v) is 3.03. The minimum atomic E-state index is -0.0104. The molecule has 1 aromatic rings. The molecule has 0 aromatic heterocycles. The third-order valence-electron chi connectivity index (χ3n) is 1.76. The summed E-state index contributed by atoms with van der Waals surface area (Å²) in [6.07, 6.45) is 0. The van der Waals surface area contributed by atoms with Gasteiger partial charge < -0.3 is 0 Å². The van der Waals surface area contributed by atoms with Gasteiger partial charge in [-0.15, -0.1) is 11.8 Å². The second kappa shape index (κ2) is 5.80. The lowest BCUT2D eigenvalue weighted by atomic mass is 10.3. The lowest BCUT2D eigenvalue weighted by Gasteiger charge is -2.17. The molecule has 1 rings (SSSR count). The van der Waals surface area contributed by atoms with E-state index in [1.807, 2.05) is 30.3 Å². The fraction of sp³-hybridized carbons (Fsp3) is 0.417. The molecule has 1 aromatic carbocycles. The van der Waals surface area contributed by atoms with Crippen LogP contribution in [0.25, 0.3) is 0 Å². The topological polar surface area (TPSA) is 41.1 Å². The van der Waals surface area contributed by atoms with Gasteiger partial charge in [0.2, 0.25) is 5.91 Å². The number of carbonyl (C=O) groups excluding carboxylic acids is 1. The molecule has 0 saturated heterocycles. The van der Waals surface area contributed by atoms with E-state index in [4.69, 9.17) is 0 Å². The zero-order valence-corrected chi connectivity index (χ0v) is 10.7. The molecular formula is C12H18N2OS. The third kappa shape index (κ3) is 5.66. The van der Waals surface area contributed by atoms with Gasteiger partial charge in [-0.05, 0) is 12.1 Å². The molecule has 0 bridgehead atoms. The Kier molecular flexibility index (Phi) is 4.68. The van der Waals surface area contributed by atoms with Crippen molar-refractivity contribution < 1.29 is 4.79 Å². The minimum Gasteiger partial charge on any atom is -0.299 e. The van der Waals surface area contributed by atoms with Crippen molar-refractivity contribution in [3.8, 4) is 0 Å². The fourth-order valence-corrected chi connectivity index (χ4v) is 1.62. The van der Waals surface area contributed by atoms with Gasteiger partial charge in [-0.2, -0.15) is 0 Å². The summed E-state index contributed by atoms with van der Waals surface area (Å²) in [4.78, 5) is 11.5. The summed E-state index contributed by atoms with van der Waals surface area (Å²) in [5.74, 6) is 0.451. The minimum absolute atomic E-state index is 0.0104. The molecule has 88 valence electrons. The van der Waals surface area contributed by atoms with Gasteiger partial charge in [0.15, 0.2) is 0 Å². The molecule has 0 unspecified atom stereocenters. The number of benzene rings is 1. The standard InChI is InChI=1S/C12H18N2OS/c1-12(2,3)16-9-11(15)14-13-10-7-5-4-6-8-10/h4-8,13H,9H2,1-3H3,(H,14,15). The predicted molar refractivity (Wildman–Crippen MR) is 70.4 cm³/mol. The van der Waals surface area contributed by atoms with Crippen molar-refractivity contribution in [2.75, 3.05) is 11.2 Å². The Balaban J connectivity index is 2.26. The molecule has 0 spiro atoms. The first-order valence-corrected chi connectivity index (χ1v) is 6.20. The average molecular weight is 238 g/mol. The number of amides is 1. The van der Waals surface area contributed by atoms with Gasteiger partial charge in [-0.25, -0.2) is 0 Å². The molecule has 0 saturated carbocycles. The van der Waals surface area contributed by atoms with Crippen molar-refractivity contribution in [3.63, 3.8) is 0 Å². The summed E-state index contributed by atoms with van der Waals surface area (Å²) in [6, 6.07) is 9.56. The highest BCUT2D eigenvalue weighted by Crippen LogP contribution is 2.22. The van der Waals surface area contributed by atoms with Crippen LogP contribution in [-0.4, -0.2) is 16.4 Å². The van der Waals surface area contributed by atoms with E-state index in [9.17, 15) is 4.79 Å². The first kappa shape index (κ1) is 12.9. The van der Waals surface area contributed by atoms with E-state index < -0.39 is 0 Å². The Morgan fingerprint density at radius 2 is 1.88 bits per heavy atom. The van der Waals surface area contributed by atoms with Gasteiger partial charge in [0.25, 0.3) is 0 Å². The molecule has 4 heteroatoms. The average Bonchev–Trinajstić information content (AvgIpc) is 2.24. The van der Waals surface area contributed by atoms with Gasteiger partial charge in [0, 0.05) is 4.75 Å². The number of hydrogen-bond acceptors (Lipinski definition) is 3. The van der Waals surface area contributed by atoms with Crippen LogP contribution in [0.2, 0.25) is 0 Å². The van der Waals surface area contributed by atoms with Crippen LogP contribution in [0.15, 0.2) is 30.3 Å².